The molecule has 0 saturated heterocycles. The Morgan fingerprint density at radius 1 is 0.560 bits per heavy atom. The summed E-state index contributed by atoms with van der Waals surface area (Å²) in [6.07, 6.45) is 2.10. The average molecular weight is 639 g/mol. The van der Waals surface area contributed by atoms with Gasteiger partial charge in [0.25, 0.3) is 5.65 Å². The highest BCUT2D eigenvalue weighted by Gasteiger charge is 2.22. The lowest BCUT2D eigenvalue weighted by Gasteiger charge is -2.10. The highest BCUT2D eigenvalue weighted by molar-refractivity contribution is 6.11. The zero-order valence-electron chi connectivity index (χ0n) is 26.9. The minimum atomic E-state index is 0.645. The zero-order chi connectivity index (χ0) is 33.2. The molecule has 4 heterocycles. The molecule has 5 heteroatoms. The van der Waals surface area contributed by atoms with Gasteiger partial charge in [0.2, 0.25) is 5.52 Å². The highest BCUT2D eigenvalue weighted by atomic mass is 15.0. The van der Waals surface area contributed by atoms with E-state index in [1.165, 1.54) is 0 Å². The lowest BCUT2D eigenvalue weighted by atomic mass is 9.97. The van der Waals surface area contributed by atoms with Crippen molar-refractivity contribution in [3.05, 3.63) is 175 Å². The Morgan fingerprint density at radius 2 is 1.28 bits per heavy atom. The van der Waals surface area contributed by atoms with Gasteiger partial charge in [-0.15, -0.1) is 0 Å². The maximum atomic E-state index is 7.60. The molecule has 0 fully saturated rings. The molecule has 0 amide bonds. The van der Waals surface area contributed by atoms with Crippen LogP contribution in [-0.2, 0) is 0 Å². The number of H-pyrrole nitrogens is 1. The molecule has 232 valence electrons. The van der Waals surface area contributed by atoms with Gasteiger partial charge in [-0.3, -0.25) is 0 Å². The predicted octanol–water partition coefficient (Wildman–Crippen LogP) is 11.1. The number of nitrogens with zero attached hydrogens (tertiary/aromatic N) is 4. The van der Waals surface area contributed by atoms with Crippen LogP contribution in [0.3, 0.4) is 0 Å². The Bertz CT molecular complexity index is 2980. The van der Waals surface area contributed by atoms with Gasteiger partial charge in [0.15, 0.2) is 11.2 Å². The van der Waals surface area contributed by atoms with E-state index < -0.39 is 0 Å². The minimum Gasteiger partial charge on any atom is -0.309 e. The molecule has 0 aliphatic rings. The predicted molar refractivity (Wildman–Crippen MR) is 204 cm³/mol. The van der Waals surface area contributed by atoms with E-state index in [2.05, 4.69) is 158 Å². The van der Waals surface area contributed by atoms with Crippen LogP contribution in [0, 0.1) is 6.57 Å². The number of para-hydroxylation sites is 1. The van der Waals surface area contributed by atoms with E-state index >= 15 is 0 Å². The van der Waals surface area contributed by atoms with Gasteiger partial charge in [-0.2, -0.15) is 4.40 Å². The molecular weight excluding hydrogens is 611 g/mol. The Morgan fingerprint density at radius 3 is 2.10 bits per heavy atom. The fourth-order valence-electron chi connectivity index (χ4n) is 7.45. The van der Waals surface area contributed by atoms with Crippen LogP contribution in [0.1, 0.15) is 0 Å². The van der Waals surface area contributed by atoms with Gasteiger partial charge in [0.05, 0.1) is 34.7 Å². The summed E-state index contributed by atoms with van der Waals surface area (Å²) < 4.78 is 4.50. The van der Waals surface area contributed by atoms with Crippen LogP contribution in [0.5, 0.6) is 0 Å². The van der Waals surface area contributed by atoms with Crippen molar-refractivity contribution in [1.29, 1.82) is 0 Å². The van der Waals surface area contributed by atoms with Crippen molar-refractivity contribution in [2.45, 2.75) is 0 Å². The van der Waals surface area contributed by atoms with Crippen LogP contribution >= 0.6 is 0 Å². The largest absolute Gasteiger partial charge is 0.309 e. The number of hydrogen-bond acceptors (Lipinski definition) is 1. The quantitative estimate of drug-likeness (QED) is 0.151. The number of aromatic nitrogens is 4. The normalized spacial score (nSPS) is 11.6. The van der Waals surface area contributed by atoms with Gasteiger partial charge in [-0.1, -0.05) is 97.1 Å². The number of benzene rings is 6. The first kappa shape index (κ1) is 28.0. The summed E-state index contributed by atoms with van der Waals surface area (Å²) in [4.78, 5) is 12.6. The number of aromatic amines is 1. The zero-order valence-corrected chi connectivity index (χ0v) is 26.9. The molecule has 0 saturated carbocycles. The monoisotopic (exact) mass is 638 g/mol. The molecule has 0 aliphatic heterocycles. The second kappa shape index (κ2) is 11.0. The number of rotatable bonds is 4. The number of nitrogens with one attached hydrogen (secondary N) is 1. The maximum absolute atomic E-state index is 7.60. The second-order valence-electron chi connectivity index (χ2n) is 12.7. The summed E-state index contributed by atoms with van der Waals surface area (Å²) in [5, 5.41) is 3.30. The van der Waals surface area contributed by atoms with E-state index in [4.69, 9.17) is 11.6 Å². The van der Waals surface area contributed by atoms with E-state index in [1.807, 2.05) is 24.3 Å². The Balaban J connectivity index is 1.14. The third-order valence-electron chi connectivity index (χ3n) is 9.78. The summed E-state index contributed by atoms with van der Waals surface area (Å²) >= 11 is 0. The Labute approximate surface area is 287 Å². The van der Waals surface area contributed by atoms with Gasteiger partial charge in [-0.05, 0) is 82.2 Å². The molecule has 1 N–H and O–H groups in total. The van der Waals surface area contributed by atoms with Crippen molar-refractivity contribution in [3.8, 4) is 39.2 Å². The first-order valence-electron chi connectivity index (χ1n) is 16.7. The van der Waals surface area contributed by atoms with E-state index in [1.54, 1.807) is 0 Å². The molecule has 4 aromatic heterocycles. The highest BCUT2D eigenvalue weighted by Crippen LogP contribution is 2.38. The number of fused-ring (bicyclic) bond motifs is 8. The molecule has 0 bridgehead atoms. The third-order valence-corrected chi connectivity index (χ3v) is 9.78. The number of hydrogen-bond donors (Lipinski definition) is 1. The van der Waals surface area contributed by atoms with Gasteiger partial charge in [0, 0.05) is 22.7 Å². The lowest BCUT2D eigenvalue weighted by Crippen LogP contribution is -2.19. The third kappa shape index (κ3) is 4.33. The van der Waals surface area contributed by atoms with Crippen LogP contribution in [0.4, 0.5) is 5.69 Å². The fraction of sp³-hybridized carbons (Fsp3) is 0. The lowest BCUT2D eigenvalue weighted by molar-refractivity contribution is -0.480. The summed E-state index contributed by atoms with van der Waals surface area (Å²) in [6, 6.07) is 55.1. The van der Waals surface area contributed by atoms with Crippen molar-refractivity contribution in [2.75, 3.05) is 0 Å². The van der Waals surface area contributed by atoms with E-state index in [0.29, 0.717) is 5.69 Å². The van der Waals surface area contributed by atoms with E-state index in [0.717, 1.165) is 88.6 Å². The molecule has 0 unspecified atom stereocenters. The molecule has 0 radical (unpaired) electrons. The van der Waals surface area contributed by atoms with Crippen LogP contribution < -0.4 is 4.40 Å². The molecule has 0 spiro atoms. The molecule has 10 aromatic rings. The number of imidazole rings is 1. The van der Waals surface area contributed by atoms with Gasteiger partial charge in [0.1, 0.15) is 5.69 Å². The van der Waals surface area contributed by atoms with Crippen LogP contribution in [0.2, 0.25) is 0 Å². The SMILES string of the molecule is [C-]#[N+]c1ccc2c(c1)c1ccc(-c3cccc(-c4ccc5nc(-c6ccccc6)c6c([nH]c7cccc[n+]76)c5c4)c3)cc1n2-c1ccccc1. The Kier molecular flexibility index (Phi) is 6.17. The van der Waals surface area contributed by atoms with E-state index in [9.17, 15) is 0 Å². The second-order valence-corrected chi connectivity index (χ2v) is 12.7. The van der Waals surface area contributed by atoms with Crippen molar-refractivity contribution >= 4 is 55.1 Å². The number of pyridine rings is 2. The summed E-state index contributed by atoms with van der Waals surface area (Å²) in [5.74, 6) is 0. The van der Waals surface area contributed by atoms with E-state index in [-0.39, 0.29) is 0 Å². The molecule has 50 heavy (non-hydrogen) atoms. The smallest absolute Gasteiger partial charge is 0.284 e. The maximum Gasteiger partial charge on any atom is 0.284 e. The van der Waals surface area contributed by atoms with Crippen LogP contribution in [0.15, 0.2) is 164 Å². The van der Waals surface area contributed by atoms with Gasteiger partial charge >= 0.3 is 0 Å². The standard InChI is InChI=1S/C45H27N5/c1-46-34-20-23-40-37(28-34)36-21-18-33(27-41(36)50(40)35-15-6-3-7-16-35)31-14-10-13-30(25-31)32-19-22-39-38(26-32)44-45(49-24-9-8-17-42(49)48-44)43(47-39)29-11-4-2-5-12-29/h2-28H/p+1. The molecular formula is C45H28N5+. The van der Waals surface area contributed by atoms with Crippen molar-refractivity contribution in [3.63, 3.8) is 0 Å². The van der Waals surface area contributed by atoms with Gasteiger partial charge < -0.3 is 4.57 Å². The molecule has 10 rings (SSSR count). The first-order chi connectivity index (χ1) is 24.7. The summed E-state index contributed by atoms with van der Waals surface area (Å²) in [7, 11) is 0. The Hall–Kier alpha value is -7.03. The van der Waals surface area contributed by atoms with Crippen LogP contribution in [-0.4, -0.2) is 14.5 Å². The summed E-state index contributed by atoms with van der Waals surface area (Å²) in [6.45, 7) is 7.60. The minimum absolute atomic E-state index is 0.645. The molecule has 0 aliphatic carbocycles. The fourth-order valence-corrected chi connectivity index (χ4v) is 7.45. The topological polar surface area (TPSA) is 42.1 Å². The summed E-state index contributed by atoms with van der Waals surface area (Å²) in [5.41, 5.74) is 14.6. The molecule has 6 aromatic carbocycles. The molecule has 0 atom stereocenters. The first-order valence-corrected chi connectivity index (χ1v) is 16.7. The van der Waals surface area contributed by atoms with Crippen LogP contribution in [0.25, 0.3) is 93.4 Å². The van der Waals surface area contributed by atoms with Crippen molar-refractivity contribution < 1.29 is 4.40 Å². The van der Waals surface area contributed by atoms with Crippen molar-refractivity contribution in [2.24, 2.45) is 0 Å². The average Bonchev–Trinajstić information content (AvgIpc) is 3.74. The molecule has 5 nitrogen and oxygen atoms in total. The van der Waals surface area contributed by atoms with Gasteiger partial charge in [-0.25, -0.2) is 14.8 Å². The van der Waals surface area contributed by atoms with Crippen molar-refractivity contribution in [1.82, 2.24) is 14.5 Å².